The second-order valence-electron chi connectivity index (χ2n) is 7.90. The molecule has 0 aromatic carbocycles. The summed E-state index contributed by atoms with van der Waals surface area (Å²) in [5, 5.41) is 8.67. The Bertz CT molecular complexity index is 778. The molecule has 1 atom stereocenters. The van der Waals surface area contributed by atoms with Gasteiger partial charge in [-0.1, -0.05) is 6.42 Å². The third-order valence-electron chi connectivity index (χ3n) is 6.31. The van der Waals surface area contributed by atoms with Crippen LogP contribution in [0.2, 0.25) is 0 Å². The molecule has 0 radical (unpaired) electrons. The van der Waals surface area contributed by atoms with Crippen LogP contribution < -0.4 is 0 Å². The molecule has 5 rings (SSSR count). The molecule has 2 saturated carbocycles. The fourth-order valence-corrected chi connectivity index (χ4v) is 4.57. The highest BCUT2D eigenvalue weighted by Gasteiger charge is 2.54. The van der Waals surface area contributed by atoms with E-state index in [9.17, 15) is 4.79 Å². The Morgan fingerprint density at radius 3 is 2.72 bits per heavy atom. The Morgan fingerprint density at radius 2 is 2.04 bits per heavy atom. The zero-order valence-corrected chi connectivity index (χ0v) is 14.3. The normalized spacial score (nSPS) is 24.5. The van der Waals surface area contributed by atoms with E-state index in [0.717, 1.165) is 24.5 Å². The van der Waals surface area contributed by atoms with Crippen LogP contribution >= 0.6 is 0 Å². The van der Waals surface area contributed by atoms with E-state index in [1.165, 1.54) is 32.1 Å². The van der Waals surface area contributed by atoms with E-state index in [0.29, 0.717) is 18.4 Å². The summed E-state index contributed by atoms with van der Waals surface area (Å²) in [6.45, 7) is 1.66. The van der Waals surface area contributed by atoms with Gasteiger partial charge in [-0.15, -0.1) is 10.2 Å². The maximum atomic E-state index is 12.9. The highest BCUT2D eigenvalue weighted by Crippen LogP contribution is 2.56. The van der Waals surface area contributed by atoms with Crippen molar-refractivity contribution >= 4 is 5.91 Å². The number of likely N-dealkylation sites (tertiary alicyclic amines) is 1. The van der Waals surface area contributed by atoms with Gasteiger partial charge in [0.15, 0.2) is 0 Å². The lowest BCUT2D eigenvalue weighted by atomic mass is 9.62. The van der Waals surface area contributed by atoms with E-state index in [1.807, 2.05) is 18.5 Å². The van der Waals surface area contributed by atoms with Crippen LogP contribution in [0.1, 0.15) is 55.5 Å². The van der Waals surface area contributed by atoms with Gasteiger partial charge in [0.25, 0.3) is 0 Å². The second kappa shape index (κ2) is 5.64. The summed E-state index contributed by atoms with van der Waals surface area (Å²) in [5.41, 5.74) is 1.26. The third kappa shape index (κ3) is 2.55. The SMILES string of the molecule is O=C(Cc1ccncc1)N1CC(c2nncn2C2CC2)C2(CCC2)C1. The predicted octanol–water partition coefficient (Wildman–Crippen LogP) is 2.35. The first kappa shape index (κ1) is 15.0. The van der Waals surface area contributed by atoms with Crippen molar-refractivity contribution in [1.82, 2.24) is 24.6 Å². The van der Waals surface area contributed by atoms with Crippen LogP contribution in [0.4, 0.5) is 0 Å². The fourth-order valence-electron chi connectivity index (χ4n) is 4.57. The molecule has 2 aromatic heterocycles. The van der Waals surface area contributed by atoms with Gasteiger partial charge in [-0.3, -0.25) is 9.78 Å². The molecular weight excluding hydrogens is 314 g/mol. The zero-order valence-electron chi connectivity index (χ0n) is 14.3. The van der Waals surface area contributed by atoms with Crippen molar-refractivity contribution in [2.75, 3.05) is 13.1 Å². The predicted molar refractivity (Wildman–Crippen MR) is 91.8 cm³/mol. The number of carbonyl (C=O) groups is 1. The topological polar surface area (TPSA) is 63.9 Å². The maximum absolute atomic E-state index is 12.9. The summed E-state index contributed by atoms with van der Waals surface area (Å²) in [6.07, 6.45) is 12.0. The molecule has 1 aliphatic heterocycles. The molecule has 1 unspecified atom stereocenters. The Labute approximate surface area is 147 Å². The molecule has 0 bridgehead atoms. The fraction of sp³-hybridized carbons (Fsp3) is 0.579. The van der Waals surface area contributed by atoms with Crippen LogP contribution in [0.5, 0.6) is 0 Å². The van der Waals surface area contributed by atoms with Gasteiger partial charge in [0.2, 0.25) is 5.91 Å². The Morgan fingerprint density at radius 1 is 1.24 bits per heavy atom. The molecule has 6 nitrogen and oxygen atoms in total. The Kier molecular flexibility index (Phi) is 3.40. The molecule has 1 spiro atoms. The van der Waals surface area contributed by atoms with Crippen LogP contribution in [0.3, 0.4) is 0 Å². The van der Waals surface area contributed by atoms with E-state index in [-0.39, 0.29) is 11.3 Å². The van der Waals surface area contributed by atoms with Gasteiger partial charge in [0.1, 0.15) is 12.2 Å². The van der Waals surface area contributed by atoms with Crippen molar-refractivity contribution in [2.45, 2.75) is 50.5 Å². The van der Waals surface area contributed by atoms with Gasteiger partial charge in [-0.25, -0.2) is 0 Å². The molecule has 6 heteroatoms. The van der Waals surface area contributed by atoms with Crippen molar-refractivity contribution in [3.63, 3.8) is 0 Å². The molecule has 3 heterocycles. The Hall–Kier alpha value is -2.24. The van der Waals surface area contributed by atoms with Gasteiger partial charge < -0.3 is 9.47 Å². The van der Waals surface area contributed by atoms with E-state index >= 15 is 0 Å². The molecule has 2 aromatic rings. The van der Waals surface area contributed by atoms with Crippen molar-refractivity contribution in [2.24, 2.45) is 5.41 Å². The molecule has 1 amide bonds. The smallest absolute Gasteiger partial charge is 0.227 e. The van der Waals surface area contributed by atoms with E-state index in [2.05, 4.69) is 24.6 Å². The average Bonchev–Trinajstić information content (AvgIpc) is 3.18. The zero-order chi connectivity index (χ0) is 16.9. The number of amides is 1. The van der Waals surface area contributed by atoms with E-state index < -0.39 is 0 Å². The quantitative estimate of drug-likeness (QED) is 0.859. The molecule has 2 aliphatic carbocycles. The van der Waals surface area contributed by atoms with E-state index in [4.69, 9.17) is 0 Å². The van der Waals surface area contributed by atoms with Gasteiger partial charge in [0, 0.05) is 37.4 Å². The lowest BCUT2D eigenvalue weighted by Crippen LogP contribution is -2.38. The van der Waals surface area contributed by atoms with Gasteiger partial charge in [-0.2, -0.15) is 0 Å². The lowest BCUT2D eigenvalue weighted by Gasteiger charge is -2.42. The molecule has 0 N–H and O–H groups in total. The Balaban J connectivity index is 1.38. The minimum Gasteiger partial charge on any atom is -0.341 e. The van der Waals surface area contributed by atoms with Crippen molar-refractivity contribution in [3.05, 3.63) is 42.2 Å². The van der Waals surface area contributed by atoms with Crippen LogP contribution in [-0.2, 0) is 11.2 Å². The number of hydrogen-bond acceptors (Lipinski definition) is 4. The van der Waals surface area contributed by atoms with Gasteiger partial charge in [0.05, 0.1) is 6.42 Å². The molecule has 130 valence electrons. The minimum absolute atomic E-state index is 0.220. The highest BCUT2D eigenvalue weighted by molar-refractivity contribution is 5.79. The van der Waals surface area contributed by atoms with Gasteiger partial charge in [-0.05, 0) is 48.8 Å². The lowest BCUT2D eigenvalue weighted by molar-refractivity contribution is -0.130. The number of carbonyl (C=O) groups excluding carboxylic acids is 1. The molecule has 3 fully saturated rings. The maximum Gasteiger partial charge on any atom is 0.227 e. The summed E-state index contributed by atoms with van der Waals surface area (Å²) in [6, 6.07) is 4.44. The average molecular weight is 337 g/mol. The van der Waals surface area contributed by atoms with Crippen molar-refractivity contribution in [1.29, 1.82) is 0 Å². The largest absolute Gasteiger partial charge is 0.341 e. The second-order valence-corrected chi connectivity index (χ2v) is 7.90. The minimum atomic E-state index is 0.220. The number of pyridine rings is 1. The van der Waals surface area contributed by atoms with Crippen LogP contribution in [0.15, 0.2) is 30.9 Å². The number of hydrogen-bond donors (Lipinski definition) is 0. The first-order valence-corrected chi connectivity index (χ1v) is 9.31. The molecule has 3 aliphatic rings. The first-order chi connectivity index (χ1) is 12.3. The standard InChI is InChI=1S/C19H23N5O/c25-17(10-14-4-8-20-9-5-14)23-11-16(19(12-23)6-1-7-19)18-22-21-13-24(18)15-2-3-15/h4-5,8-9,13,15-16H,1-3,6-7,10-12H2. The molecular formula is C19H23N5O. The summed E-state index contributed by atoms with van der Waals surface area (Å²) < 4.78 is 2.28. The van der Waals surface area contributed by atoms with Crippen molar-refractivity contribution < 1.29 is 4.79 Å². The van der Waals surface area contributed by atoms with E-state index in [1.54, 1.807) is 12.4 Å². The van der Waals surface area contributed by atoms with Crippen molar-refractivity contribution in [3.8, 4) is 0 Å². The summed E-state index contributed by atoms with van der Waals surface area (Å²) >= 11 is 0. The number of rotatable bonds is 4. The number of aromatic nitrogens is 4. The summed E-state index contributed by atoms with van der Waals surface area (Å²) in [7, 11) is 0. The first-order valence-electron chi connectivity index (χ1n) is 9.31. The van der Waals surface area contributed by atoms with Gasteiger partial charge >= 0.3 is 0 Å². The van der Waals surface area contributed by atoms with Crippen LogP contribution in [-0.4, -0.2) is 43.6 Å². The van der Waals surface area contributed by atoms with Crippen LogP contribution in [0.25, 0.3) is 0 Å². The number of nitrogens with zero attached hydrogens (tertiary/aromatic N) is 5. The molecule has 25 heavy (non-hydrogen) atoms. The summed E-state index contributed by atoms with van der Waals surface area (Å²) in [4.78, 5) is 18.9. The monoisotopic (exact) mass is 337 g/mol. The highest BCUT2D eigenvalue weighted by atomic mass is 16.2. The third-order valence-corrected chi connectivity index (χ3v) is 6.31. The van der Waals surface area contributed by atoms with Crippen LogP contribution in [0, 0.1) is 5.41 Å². The summed E-state index contributed by atoms with van der Waals surface area (Å²) in [5.74, 6) is 1.67. The molecule has 1 saturated heterocycles.